The first kappa shape index (κ1) is 33.0. The number of fused-ring (bicyclic) bond motifs is 6. The first-order chi connectivity index (χ1) is 24.6. The maximum Gasteiger partial charge on any atom is 0.268 e. The minimum atomic E-state index is -1.55. The van der Waals surface area contributed by atoms with Crippen LogP contribution in [0.2, 0.25) is 0 Å². The molecule has 8 rings (SSSR count). The molecule has 0 bridgehead atoms. The highest BCUT2D eigenvalue weighted by molar-refractivity contribution is 6.07. The molecule has 0 spiro atoms. The second-order valence-electron chi connectivity index (χ2n) is 12.3. The van der Waals surface area contributed by atoms with E-state index in [0.29, 0.717) is 59.5 Å². The van der Waals surface area contributed by atoms with Gasteiger partial charge in [0.25, 0.3) is 11.8 Å². The van der Waals surface area contributed by atoms with E-state index >= 15 is 0 Å². The van der Waals surface area contributed by atoms with Crippen molar-refractivity contribution in [3.63, 3.8) is 0 Å². The normalized spacial score (nSPS) is 13.5. The molecule has 12 heteroatoms. The van der Waals surface area contributed by atoms with E-state index in [9.17, 15) is 33.3 Å². The Hall–Kier alpha value is -6.53. The van der Waals surface area contributed by atoms with Gasteiger partial charge in [-0.3, -0.25) is 9.59 Å². The smallest absolute Gasteiger partial charge is 0.268 e. The number of aromatic nitrogens is 2. The lowest BCUT2D eigenvalue weighted by atomic mass is 9.98. The van der Waals surface area contributed by atoms with Crippen LogP contribution in [-0.2, 0) is 13.1 Å². The van der Waals surface area contributed by atoms with E-state index in [-0.39, 0.29) is 22.9 Å². The van der Waals surface area contributed by atoms with Gasteiger partial charge in [-0.25, -0.2) is 13.2 Å². The number of ether oxygens (including phenoxy) is 1. The summed E-state index contributed by atoms with van der Waals surface area (Å²) >= 11 is 0. The number of aryl methyl sites for hydroxylation is 2. The van der Waals surface area contributed by atoms with E-state index in [1.807, 2.05) is 49.4 Å². The van der Waals surface area contributed by atoms with Gasteiger partial charge in [0.2, 0.25) is 0 Å². The predicted octanol–water partition coefficient (Wildman–Crippen LogP) is 6.97. The lowest BCUT2D eigenvalue weighted by molar-refractivity contribution is 0.0925. The van der Waals surface area contributed by atoms with Crippen molar-refractivity contribution in [3.05, 3.63) is 112 Å². The number of halogens is 3. The highest BCUT2D eigenvalue weighted by atomic mass is 19.2. The summed E-state index contributed by atoms with van der Waals surface area (Å²) in [6.07, 6.45) is 0.689. The zero-order chi connectivity index (χ0) is 36.0. The average molecular weight is 687 g/mol. The number of nitrogens with zero attached hydrogens (tertiary/aromatic N) is 4. The second-order valence-corrected chi connectivity index (χ2v) is 12.3. The summed E-state index contributed by atoms with van der Waals surface area (Å²) < 4.78 is 49.9. The van der Waals surface area contributed by atoms with Crippen molar-refractivity contribution < 1.29 is 27.5 Å². The Bertz CT molecular complexity index is 2480. The summed E-state index contributed by atoms with van der Waals surface area (Å²) in [5.74, 6) is -3.69. The lowest BCUT2D eigenvalue weighted by Crippen LogP contribution is -2.35. The molecule has 0 fully saturated rings. The van der Waals surface area contributed by atoms with Crippen LogP contribution in [0.1, 0.15) is 44.1 Å². The van der Waals surface area contributed by atoms with Crippen molar-refractivity contribution in [3.8, 4) is 40.1 Å². The Morgan fingerprint density at radius 2 is 1.39 bits per heavy atom. The summed E-state index contributed by atoms with van der Waals surface area (Å²) in [5, 5.41) is 26.0. The Balaban J connectivity index is 0.000000159. The maximum absolute atomic E-state index is 13.7. The van der Waals surface area contributed by atoms with Gasteiger partial charge in [-0.15, -0.1) is 0 Å². The van der Waals surface area contributed by atoms with E-state index in [2.05, 4.69) is 21.3 Å². The molecule has 0 unspecified atom stereocenters. The van der Waals surface area contributed by atoms with Crippen LogP contribution in [0.4, 0.5) is 13.2 Å². The Morgan fingerprint density at radius 3 is 2.06 bits per heavy atom. The zero-order valence-corrected chi connectivity index (χ0v) is 27.5. The molecule has 0 saturated carbocycles. The number of hydrogen-bond donors (Lipinski definition) is 2. The van der Waals surface area contributed by atoms with Crippen LogP contribution in [0, 0.1) is 47.0 Å². The number of amides is 2. The molecule has 4 heterocycles. The quantitative estimate of drug-likeness (QED) is 0.195. The number of benzene rings is 4. The summed E-state index contributed by atoms with van der Waals surface area (Å²) in [6, 6.07) is 22.3. The van der Waals surface area contributed by atoms with E-state index < -0.39 is 17.5 Å². The van der Waals surface area contributed by atoms with Gasteiger partial charge in [0, 0.05) is 48.1 Å². The third-order valence-electron chi connectivity index (χ3n) is 9.27. The van der Waals surface area contributed by atoms with E-state index in [4.69, 9.17) is 4.74 Å². The standard InChI is InChI=1S/C20H17N3O2.C19H12F3N3O/c1-12-16-9-13(11-21)10-17(14-3-5-15(25-2)6-4-14)19(16)23-8-7-22-20(24)18(12)23;20-14-6-11(7-15(21)17(14)22)13-5-10(9-23)4-12-8-16-19(26)24-2-1-3-25(16)18(12)13/h3-6,9-10H,7-8H2,1-2H3,(H,22,24);4-8H,1-3H2,(H,24,26). The van der Waals surface area contributed by atoms with Crippen LogP contribution < -0.4 is 15.4 Å². The summed E-state index contributed by atoms with van der Waals surface area (Å²) in [6.45, 7) is 4.33. The van der Waals surface area contributed by atoms with Gasteiger partial charge < -0.3 is 24.5 Å². The molecule has 2 aliphatic rings. The number of carbonyl (C=O) groups is 2. The van der Waals surface area contributed by atoms with E-state index in [1.54, 1.807) is 23.8 Å². The predicted molar refractivity (Wildman–Crippen MR) is 185 cm³/mol. The largest absolute Gasteiger partial charge is 0.497 e. The van der Waals surface area contributed by atoms with Gasteiger partial charge in [-0.1, -0.05) is 12.1 Å². The Morgan fingerprint density at radius 1 is 0.745 bits per heavy atom. The van der Waals surface area contributed by atoms with Crippen molar-refractivity contribution in [2.24, 2.45) is 0 Å². The third kappa shape index (κ3) is 5.71. The van der Waals surface area contributed by atoms with Crippen molar-refractivity contribution >= 4 is 33.6 Å². The van der Waals surface area contributed by atoms with E-state index in [1.165, 1.54) is 6.07 Å². The minimum absolute atomic E-state index is 0.0564. The van der Waals surface area contributed by atoms with Gasteiger partial charge in [-0.2, -0.15) is 10.5 Å². The molecule has 9 nitrogen and oxygen atoms in total. The molecule has 2 N–H and O–H groups in total. The first-order valence-corrected chi connectivity index (χ1v) is 16.1. The lowest BCUT2D eigenvalue weighted by Gasteiger charge is -2.18. The molecule has 2 aliphatic heterocycles. The van der Waals surface area contributed by atoms with Crippen molar-refractivity contribution in [1.82, 2.24) is 19.8 Å². The monoisotopic (exact) mass is 686 g/mol. The fraction of sp³-hybridized carbons (Fsp3) is 0.179. The highest BCUT2D eigenvalue weighted by Crippen LogP contribution is 2.37. The van der Waals surface area contributed by atoms with Crippen LogP contribution >= 0.6 is 0 Å². The van der Waals surface area contributed by atoms with Gasteiger partial charge in [-0.05, 0) is 84.6 Å². The molecule has 51 heavy (non-hydrogen) atoms. The van der Waals surface area contributed by atoms with Crippen LogP contribution in [-0.4, -0.2) is 41.1 Å². The van der Waals surface area contributed by atoms with Crippen LogP contribution in [0.3, 0.4) is 0 Å². The van der Waals surface area contributed by atoms with Crippen molar-refractivity contribution in [1.29, 1.82) is 10.5 Å². The second kappa shape index (κ2) is 13.1. The number of hydrogen-bond acceptors (Lipinski definition) is 5. The molecule has 6 aromatic rings. The summed E-state index contributed by atoms with van der Waals surface area (Å²) in [4.78, 5) is 24.6. The number of nitriles is 2. The summed E-state index contributed by atoms with van der Waals surface area (Å²) in [7, 11) is 1.63. The molecule has 0 atom stereocenters. The molecular weight excluding hydrogens is 657 g/mol. The zero-order valence-electron chi connectivity index (χ0n) is 27.5. The topological polar surface area (TPSA) is 125 Å². The molecule has 4 aromatic carbocycles. The van der Waals surface area contributed by atoms with Gasteiger partial charge in [0.15, 0.2) is 17.5 Å². The molecule has 0 aliphatic carbocycles. The van der Waals surface area contributed by atoms with Gasteiger partial charge in [0.05, 0.1) is 41.4 Å². The molecule has 0 radical (unpaired) electrons. The number of rotatable bonds is 3. The van der Waals surface area contributed by atoms with Crippen LogP contribution in [0.15, 0.2) is 66.7 Å². The number of carbonyl (C=O) groups excluding carboxylic acids is 2. The Labute approximate surface area is 290 Å². The van der Waals surface area contributed by atoms with Gasteiger partial charge in [0.1, 0.15) is 17.1 Å². The Kier molecular flexibility index (Phi) is 8.45. The first-order valence-electron chi connectivity index (χ1n) is 16.1. The third-order valence-corrected chi connectivity index (χ3v) is 9.27. The molecular formula is C39H29F3N6O3. The minimum Gasteiger partial charge on any atom is -0.497 e. The summed E-state index contributed by atoms with van der Waals surface area (Å²) in [5.41, 5.74) is 6.90. The van der Waals surface area contributed by atoms with E-state index in [0.717, 1.165) is 52.0 Å². The highest BCUT2D eigenvalue weighted by Gasteiger charge is 2.26. The van der Waals surface area contributed by atoms with Crippen LogP contribution in [0.5, 0.6) is 5.75 Å². The molecule has 2 aromatic heterocycles. The van der Waals surface area contributed by atoms with Crippen LogP contribution in [0.25, 0.3) is 44.1 Å². The SMILES string of the molecule is COc1ccc(-c2cc(C#N)cc3c(C)c4n(c23)CCNC4=O)cc1.N#Cc1cc(-c2cc(F)c(F)c(F)c2)c2c(c1)cc1n2CCCNC1=O. The average Bonchev–Trinajstić information content (AvgIpc) is 3.60. The fourth-order valence-electron chi connectivity index (χ4n) is 6.95. The molecule has 2 amide bonds. The fourth-order valence-corrected chi connectivity index (χ4v) is 6.95. The number of nitrogens with one attached hydrogen (secondary N) is 2. The number of methoxy groups -OCH3 is 1. The molecule has 254 valence electrons. The van der Waals surface area contributed by atoms with Gasteiger partial charge >= 0.3 is 0 Å². The molecule has 0 saturated heterocycles. The van der Waals surface area contributed by atoms with Crippen molar-refractivity contribution in [2.45, 2.75) is 26.4 Å². The van der Waals surface area contributed by atoms with Crippen molar-refractivity contribution in [2.75, 3.05) is 20.2 Å². The maximum atomic E-state index is 13.7.